The van der Waals surface area contributed by atoms with Gasteiger partial charge < -0.3 is 10.5 Å². The Kier molecular flexibility index (Phi) is 2.49. The van der Waals surface area contributed by atoms with E-state index in [0.717, 1.165) is 6.07 Å². The molecule has 0 spiro atoms. The Balaban J connectivity index is 2.81. The molecule has 0 saturated heterocycles. The number of anilines is 1. The summed E-state index contributed by atoms with van der Waals surface area (Å²) >= 11 is 0. The molecular formula is C8H7FN2O. The molecule has 3 nitrogen and oxygen atoms in total. The van der Waals surface area contributed by atoms with E-state index >= 15 is 0 Å². The third kappa shape index (κ3) is 1.86. The van der Waals surface area contributed by atoms with Crippen LogP contribution in [-0.4, -0.2) is 6.61 Å². The van der Waals surface area contributed by atoms with Crippen LogP contribution in [0, 0.1) is 17.1 Å². The standard InChI is InChI=1S/C8H7FN2O/c9-7-5-6(11)1-2-8(7)12-4-3-10/h1-2,5H,4,11H2. The van der Waals surface area contributed by atoms with E-state index < -0.39 is 5.82 Å². The van der Waals surface area contributed by atoms with Crippen LogP contribution >= 0.6 is 0 Å². The maximum absolute atomic E-state index is 12.9. The largest absolute Gasteiger partial charge is 0.476 e. The molecule has 0 fully saturated rings. The van der Waals surface area contributed by atoms with E-state index in [0.29, 0.717) is 5.69 Å². The van der Waals surface area contributed by atoms with E-state index in [2.05, 4.69) is 0 Å². The predicted octanol–water partition coefficient (Wildman–Crippen LogP) is 1.31. The molecule has 1 aromatic carbocycles. The molecule has 0 amide bonds. The molecule has 0 radical (unpaired) electrons. The van der Waals surface area contributed by atoms with Gasteiger partial charge in [0.1, 0.15) is 6.07 Å². The average molecular weight is 166 g/mol. The quantitative estimate of drug-likeness (QED) is 0.674. The topological polar surface area (TPSA) is 59.0 Å². The number of hydrogen-bond acceptors (Lipinski definition) is 3. The fraction of sp³-hybridized carbons (Fsp3) is 0.125. The lowest BCUT2D eigenvalue weighted by Gasteiger charge is -2.02. The van der Waals surface area contributed by atoms with E-state index in [1.165, 1.54) is 12.1 Å². The average Bonchev–Trinajstić information content (AvgIpc) is 2.03. The molecule has 0 atom stereocenters. The molecule has 12 heavy (non-hydrogen) atoms. The molecule has 0 aliphatic carbocycles. The number of hydrogen-bond donors (Lipinski definition) is 1. The van der Waals surface area contributed by atoms with Gasteiger partial charge in [0.05, 0.1) is 0 Å². The Morgan fingerprint density at radius 1 is 1.58 bits per heavy atom. The second-order valence-corrected chi connectivity index (χ2v) is 2.14. The Hall–Kier alpha value is -1.76. The van der Waals surface area contributed by atoms with Crippen LogP contribution in [0.4, 0.5) is 10.1 Å². The molecular weight excluding hydrogens is 159 g/mol. The minimum absolute atomic E-state index is 0.0470. The number of nitrogens with two attached hydrogens (primary N) is 1. The molecule has 1 aromatic rings. The summed E-state index contributed by atoms with van der Waals surface area (Å²) in [6.45, 7) is -0.166. The predicted molar refractivity (Wildman–Crippen MR) is 41.9 cm³/mol. The van der Waals surface area contributed by atoms with Gasteiger partial charge in [-0.15, -0.1) is 0 Å². The molecule has 1 rings (SSSR count). The summed E-state index contributed by atoms with van der Waals surface area (Å²) in [7, 11) is 0. The van der Waals surface area contributed by atoms with Gasteiger partial charge >= 0.3 is 0 Å². The van der Waals surface area contributed by atoms with Crippen molar-refractivity contribution in [2.45, 2.75) is 0 Å². The van der Waals surface area contributed by atoms with E-state index in [-0.39, 0.29) is 12.4 Å². The Morgan fingerprint density at radius 3 is 2.92 bits per heavy atom. The molecule has 0 saturated carbocycles. The van der Waals surface area contributed by atoms with Crippen LogP contribution in [-0.2, 0) is 0 Å². The zero-order valence-electron chi connectivity index (χ0n) is 6.25. The highest BCUT2D eigenvalue weighted by Crippen LogP contribution is 2.18. The van der Waals surface area contributed by atoms with Crippen LogP contribution in [0.25, 0.3) is 0 Å². The Labute approximate surface area is 69.2 Å². The van der Waals surface area contributed by atoms with E-state index in [4.69, 9.17) is 15.7 Å². The monoisotopic (exact) mass is 166 g/mol. The highest BCUT2D eigenvalue weighted by atomic mass is 19.1. The van der Waals surface area contributed by atoms with Crippen molar-refractivity contribution in [3.8, 4) is 11.8 Å². The lowest BCUT2D eigenvalue weighted by atomic mass is 10.3. The molecule has 62 valence electrons. The molecule has 0 bridgehead atoms. The smallest absolute Gasteiger partial charge is 0.174 e. The van der Waals surface area contributed by atoms with Crippen molar-refractivity contribution in [3.05, 3.63) is 24.0 Å². The normalized spacial score (nSPS) is 9.00. The SMILES string of the molecule is N#CCOc1ccc(N)cc1F. The van der Waals surface area contributed by atoms with Crippen molar-refractivity contribution >= 4 is 5.69 Å². The molecule has 4 heteroatoms. The molecule has 0 aliphatic rings. The van der Waals surface area contributed by atoms with E-state index in [1.54, 1.807) is 6.07 Å². The third-order valence-electron chi connectivity index (χ3n) is 1.25. The van der Waals surface area contributed by atoms with Gasteiger partial charge in [-0.05, 0) is 12.1 Å². The van der Waals surface area contributed by atoms with Crippen molar-refractivity contribution in [1.82, 2.24) is 0 Å². The minimum Gasteiger partial charge on any atom is -0.476 e. The summed E-state index contributed by atoms with van der Waals surface area (Å²) in [5, 5.41) is 8.15. The van der Waals surface area contributed by atoms with Crippen molar-refractivity contribution in [2.24, 2.45) is 0 Å². The van der Waals surface area contributed by atoms with Gasteiger partial charge in [0.2, 0.25) is 0 Å². The molecule has 2 N–H and O–H groups in total. The first-order chi connectivity index (χ1) is 5.74. The maximum Gasteiger partial charge on any atom is 0.174 e. The van der Waals surface area contributed by atoms with Gasteiger partial charge in [-0.3, -0.25) is 0 Å². The fourth-order valence-corrected chi connectivity index (χ4v) is 0.744. The van der Waals surface area contributed by atoms with Crippen LogP contribution in [0.15, 0.2) is 18.2 Å². The summed E-state index contributed by atoms with van der Waals surface area (Å²) in [6.07, 6.45) is 0. The summed E-state index contributed by atoms with van der Waals surface area (Å²) in [4.78, 5) is 0. The Bertz CT molecular complexity index is 319. The maximum atomic E-state index is 12.9. The number of ether oxygens (including phenoxy) is 1. The molecule has 0 unspecified atom stereocenters. The van der Waals surface area contributed by atoms with Crippen molar-refractivity contribution in [3.63, 3.8) is 0 Å². The van der Waals surface area contributed by atoms with Gasteiger partial charge in [0.15, 0.2) is 18.2 Å². The number of halogens is 1. The van der Waals surface area contributed by atoms with Crippen LogP contribution in [0.5, 0.6) is 5.75 Å². The zero-order valence-corrected chi connectivity index (χ0v) is 6.25. The van der Waals surface area contributed by atoms with Crippen LogP contribution in [0.3, 0.4) is 0 Å². The van der Waals surface area contributed by atoms with Gasteiger partial charge in [0, 0.05) is 11.8 Å². The summed E-state index contributed by atoms with van der Waals surface area (Å²) in [5.41, 5.74) is 5.63. The van der Waals surface area contributed by atoms with E-state index in [9.17, 15) is 4.39 Å². The highest BCUT2D eigenvalue weighted by molar-refractivity contribution is 5.42. The number of nitrogen functional groups attached to an aromatic ring is 1. The number of nitrogens with zero attached hydrogens (tertiary/aromatic N) is 1. The second kappa shape index (κ2) is 3.58. The van der Waals surface area contributed by atoms with Gasteiger partial charge in [-0.2, -0.15) is 5.26 Å². The van der Waals surface area contributed by atoms with Crippen molar-refractivity contribution < 1.29 is 9.13 Å². The van der Waals surface area contributed by atoms with Crippen LogP contribution in [0.2, 0.25) is 0 Å². The molecule has 0 aromatic heterocycles. The van der Waals surface area contributed by atoms with Crippen LogP contribution < -0.4 is 10.5 Å². The number of rotatable bonds is 2. The van der Waals surface area contributed by atoms with Crippen molar-refractivity contribution in [1.29, 1.82) is 5.26 Å². The number of nitriles is 1. The summed E-state index contributed by atoms with van der Waals surface area (Å²) in [5.74, 6) is -0.504. The van der Waals surface area contributed by atoms with Crippen LogP contribution in [0.1, 0.15) is 0 Å². The second-order valence-electron chi connectivity index (χ2n) is 2.14. The fourth-order valence-electron chi connectivity index (χ4n) is 0.744. The molecule has 0 heterocycles. The minimum atomic E-state index is -0.551. The van der Waals surface area contributed by atoms with Crippen molar-refractivity contribution in [2.75, 3.05) is 12.3 Å². The summed E-state index contributed by atoms with van der Waals surface area (Å²) < 4.78 is 17.6. The lowest BCUT2D eigenvalue weighted by Crippen LogP contribution is -1.96. The van der Waals surface area contributed by atoms with Gasteiger partial charge in [-0.1, -0.05) is 0 Å². The zero-order chi connectivity index (χ0) is 8.97. The molecule has 0 aliphatic heterocycles. The van der Waals surface area contributed by atoms with Gasteiger partial charge in [0.25, 0.3) is 0 Å². The first-order valence-corrected chi connectivity index (χ1v) is 3.29. The lowest BCUT2D eigenvalue weighted by molar-refractivity contribution is 0.346. The third-order valence-corrected chi connectivity index (χ3v) is 1.25. The summed E-state index contributed by atoms with van der Waals surface area (Å²) in [6, 6.07) is 5.78. The first kappa shape index (κ1) is 8.34. The number of benzene rings is 1. The Morgan fingerprint density at radius 2 is 2.33 bits per heavy atom. The first-order valence-electron chi connectivity index (χ1n) is 3.29. The van der Waals surface area contributed by atoms with Gasteiger partial charge in [-0.25, -0.2) is 4.39 Å². The highest BCUT2D eigenvalue weighted by Gasteiger charge is 2.01. The van der Waals surface area contributed by atoms with E-state index in [1.807, 2.05) is 0 Å².